The van der Waals surface area contributed by atoms with E-state index in [1.54, 1.807) is 24.3 Å². The lowest BCUT2D eigenvalue weighted by atomic mass is 10.1. The highest BCUT2D eigenvalue weighted by Gasteiger charge is 2.16. The molecular formula is C24H27ClN4O3. The van der Waals surface area contributed by atoms with Gasteiger partial charge in [0.25, 0.3) is 5.89 Å². The predicted molar refractivity (Wildman–Crippen MR) is 125 cm³/mol. The summed E-state index contributed by atoms with van der Waals surface area (Å²) in [4.78, 5) is 10.2. The summed E-state index contributed by atoms with van der Waals surface area (Å²) in [6.45, 7) is 12.9. The quantitative estimate of drug-likeness (QED) is 0.272. The SMILES string of the molecule is [C-]#[N+]c1cc(-c2nc(-c3ccc(OCCCCN(C)C)cc3Cl)no2)ccc1OC(C)C. The lowest BCUT2D eigenvalue weighted by Crippen LogP contribution is -2.13. The first-order chi connectivity index (χ1) is 15.4. The average Bonchev–Trinajstić information content (AvgIpc) is 3.23. The Labute approximate surface area is 193 Å². The second-order valence-electron chi connectivity index (χ2n) is 7.88. The van der Waals surface area contributed by atoms with Gasteiger partial charge >= 0.3 is 0 Å². The number of nitrogens with zero attached hydrogens (tertiary/aromatic N) is 4. The molecule has 0 aliphatic rings. The van der Waals surface area contributed by atoms with Crippen LogP contribution in [-0.2, 0) is 0 Å². The number of ether oxygens (including phenoxy) is 2. The third-order valence-electron chi connectivity index (χ3n) is 4.56. The van der Waals surface area contributed by atoms with Crippen LogP contribution in [0.4, 0.5) is 5.69 Å². The highest BCUT2D eigenvalue weighted by Crippen LogP contribution is 2.35. The van der Waals surface area contributed by atoms with Crippen molar-refractivity contribution in [2.75, 3.05) is 27.2 Å². The number of rotatable bonds is 10. The smallest absolute Gasteiger partial charge is 0.256 e. The van der Waals surface area contributed by atoms with Crippen molar-refractivity contribution in [1.29, 1.82) is 0 Å². The van der Waals surface area contributed by atoms with E-state index < -0.39 is 0 Å². The van der Waals surface area contributed by atoms with Crippen molar-refractivity contribution < 1.29 is 14.0 Å². The molecule has 0 N–H and O–H groups in total. The van der Waals surface area contributed by atoms with Gasteiger partial charge < -0.3 is 18.9 Å². The van der Waals surface area contributed by atoms with Crippen LogP contribution in [0.3, 0.4) is 0 Å². The summed E-state index contributed by atoms with van der Waals surface area (Å²) in [5.74, 6) is 1.90. The van der Waals surface area contributed by atoms with Crippen molar-refractivity contribution in [2.24, 2.45) is 0 Å². The first kappa shape index (κ1) is 23.6. The van der Waals surface area contributed by atoms with Gasteiger partial charge in [0, 0.05) is 11.1 Å². The third-order valence-corrected chi connectivity index (χ3v) is 4.88. The molecule has 0 radical (unpaired) electrons. The van der Waals surface area contributed by atoms with Crippen LogP contribution in [-0.4, -0.2) is 48.4 Å². The van der Waals surface area contributed by atoms with E-state index in [4.69, 9.17) is 32.2 Å². The minimum atomic E-state index is -0.0245. The summed E-state index contributed by atoms with van der Waals surface area (Å²) in [7, 11) is 4.12. The van der Waals surface area contributed by atoms with E-state index in [-0.39, 0.29) is 6.10 Å². The minimum absolute atomic E-state index is 0.0245. The summed E-state index contributed by atoms with van der Waals surface area (Å²) >= 11 is 6.45. The maximum Gasteiger partial charge on any atom is 0.256 e. The highest BCUT2D eigenvalue weighted by atomic mass is 35.5. The largest absolute Gasteiger partial charge is 0.502 e. The van der Waals surface area contributed by atoms with Gasteiger partial charge in [-0.3, -0.25) is 0 Å². The molecule has 1 aromatic heterocycles. The zero-order valence-corrected chi connectivity index (χ0v) is 19.5. The van der Waals surface area contributed by atoms with Crippen molar-refractivity contribution >= 4 is 17.3 Å². The van der Waals surface area contributed by atoms with E-state index in [0.29, 0.717) is 51.7 Å². The van der Waals surface area contributed by atoms with E-state index >= 15 is 0 Å². The van der Waals surface area contributed by atoms with Gasteiger partial charge in [-0.15, -0.1) is 0 Å². The van der Waals surface area contributed by atoms with Crippen molar-refractivity contribution in [3.63, 3.8) is 0 Å². The van der Waals surface area contributed by atoms with Crippen LogP contribution in [0.15, 0.2) is 40.9 Å². The summed E-state index contributed by atoms with van der Waals surface area (Å²) in [6, 6.07) is 10.6. The number of halogens is 1. The number of benzene rings is 2. The van der Waals surface area contributed by atoms with Crippen LogP contribution in [0.5, 0.6) is 11.5 Å². The molecule has 0 aliphatic heterocycles. The van der Waals surface area contributed by atoms with Crippen LogP contribution in [0, 0.1) is 6.57 Å². The van der Waals surface area contributed by atoms with Gasteiger partial charge in [-0.2, -0.15) is 4.98 Å². The topological polar surface area (TPSA) is 65.0 Å². The fraction of sp³-hybridized carbons (Fsp3) is 0.375. The van der Waals surface area contributed by atoms with Crippen molar-refractivity contribution in [3.8, 4) is 34.3 Å². The van der Waals surface area contributed by atoms with Gasteiger partial charge in [-0.05, 0) is 83.7 Å². The summed E-state index contributed by atoms with van der Waals surface area (Å²) in [5, 5.41) is 4.54. The first-order valence-corrected chi connectivity index (χ1v) is 10.8. The Kier molecular flexibility index (Phi) is 8.09. The second kappa shape index (κ2) is 11.0. The Balaban J connectivity index is 1.71. The number of unbranched alkanes of at least 4 members (excludes halogenated alkanes) is 1. The number of hydrogen-bond acceptors (Lipinski definition) is 6. The molecule has 0 atom stereocenters. The number of aromatic nitrogens is 2. The molecule has 0 fully saturated rings. The molecule has 2 aromatic carbocycles. The first-order valence-electron chi connectivity index (χ1n) is 10.5. The van der Waals surface area contributed by atoms with Crippen molar-refractivity contribution in [2.45, 2.75) is 32.8 Å². The fourth-order valence-corrected chi connectivity index (χ4v) is 3.28. The molecule has 3 aromatic rings. The summed E-state index contributed by atoms with van der Waals surface area (Å²) in [5.41, 5.74) is 1.67. The molecule has 7 nitrogen and oxygen atoms in total. The van der Waals surface area contributed by atoms with Crippen LogP contribution in [0.25, 0.3) is 27.7 Å². The van der Waals surface area contributed by atoms with Gasteiger partial charge in [0.15, 0.2) is 0 Å². The highest BCUT2D eigenvalue weighted by molar-refractivity contribution is 6.33. The lowest BCUT2D eigenvalue weighted by molar-refractivity contribution is 0.244. The second-order valence-corrected chi connectivity index (χ2v) is 8.29. The molecule has 3 rings (SSSR count). The Morgan fingerprint density at radius 3 is 2.66 bits per heavy atom. The fourth-order valence-electron chi connectivity index (χ4n) is 3.03. The normalized spacial score (nSPS) is 11.1. The zero-order chi connectivity index (χ0) is 23.1. The molecule has 8 heteroatoms. The lowest BCUT2D eigenvalue weighted by Gasteiger charge is -2.11. The van der Waals surface area contributed by atoms with Crippen LogP contribution in [0.1, 0.15) is 26.7 Å². The van der Waals surface area contributed by atoms with Gasteiger partial charge in [-0.25, -0.2) is 4.85 Å². The Morgan fingerprint density at radius 2 is 1.97 bits per heavy atom. The van der Waals surface area contributed by atoms with Crippen molar-refractivity contribution in [3.05, 3.63) is 52.8 Å². The van der Waals surface area contributed by atoms with Crippen LogP contribution >= 0.6 is 11.6 Å². The predicted octanol–water partition coefficient (Wildman–Crippen LogP) is 6.12. The van der Waals surface area contributed by atoms with Gasteiger partial charge in [0.05, 0.1) is 24.3 Å². The maximum absolute atomic E-state index is 7.41. The molecule has 168 valence electrons. The molecule has 0 bridgehead atoms. The van der Waals surface area contributed by atoms with Crippen LogP contribution < -0.4 is 9.47 Å². The van der Waals surface area contributed by atoms with Gasteiger partial charge in [0.1, 0.15) is 11.5 Å². The van der Waals surface area contributed by atoms with E-state index in [1.807, 2.05) is 26.0 Å². The molecule has 1 heterocycles. The molecule has 0 unspecified atom stereocenters. The standard InChI is InChI=1S/C24H27ClN4O3/c1-16(2)31-22-11-8-17(14-21(22)26-3)24-27-23(28-32-24)19-10-9-18(15-20(19)25)30-13-7-6-12-29(4)5/h8-11,14-16H,6-7,12-13H2,1-2,4-5H3. The monoisotopic (exact) mass is 454 g/mol. The van der Waals surface area contributed by atoms with E-state index in [0.717, 1.165) is 19.4 Å². The van der Waals surface area contributed by atoms with Gasteiger partial charge in [0.2, 0.25) is 11.5 Å². The maximum atomic E-state index is 7.41. The number of hydrogen-bond donors (Lipinski definition) is 0. The third kappa shape index (κ3) is 6.22. The Bertz CT molecular complexity index is 1090. The average molecular weight is 455 g/mol. The Hall–Kier alpha value is -3.08. The molecule has 0 amide bonds. The van der Waals surface area contributed by atoms with E-state index in [1.165, 1.54) is 0 Å². The molecule has 0 spiro atoms. The van der Waals surface area contributed by atoms with E-state index in [2.05, 4.69) is 34.0 Å². The summed E-state index contributed by atoms with van der Waals surface area (Å²) in [6.07, 6.45) is 2.02. The molecule has 0 aliphatic carbocycles. The summed E-state index contributed by atoms with van der Waals surface area (Å²) < 4.78 is 16.9. The van der Waals surface area contributed by atoms with E-state index in [9.17, 15) is 0 Å². The minimum Gasteiger partial charge on any atom is -0.502 e. The molecule has 0 saturated heterocycles. The molecule has 0 saturated carbocycles. The van der Waals surface area contributed by atoms with Crippen LogP contribution in [0.2, 0.25) is 5.02 Å². The Morgan fingerprint density at radius 1 is 1.16 bits per heavy atom. The molecule has 32 heavy (non-hydrogen) atoms. The zero-order valence-electron chi connectivity index (χ0n) is 18.8. The molecular weight excluding hydrogens is 428 g/mol. The van der Waals surface area contributed by atoms with Gasteiger partial charge in [-0.1, -0.05) is 16.8 Å². The van der Waals surface area contributed by atoms with Crippen molar-refractivity contribution in [1.82, 2.24) is 15.0 Å².